The van der Waals surface area contributed by atoms with Crippen LogP contribution in [0, 0.1) is 55.0 Å². The Morgan fingerprint density at radius 2 is 0.821 bits per heavy atom. The number of carbonyl (C=O) groups is 3. The van der Waals surface area contributed by atoms with E-state index in [0.29, 0.717) is 88.6 Å². The number of aryl methyl sites for hydroxylation is 2. The third kappa shape index (κ3) is 25.2. The van der Waals surface area contributed by atoms with Crippen LogP contribution in [0.25, 0.3) is 33.8 Å². The first kappa shape index (κ1) is 88.2. The summed E-state index contributed by atoms with van der Waals surface area (Å²) in [5.74, 6) is -2.29. The Morgan fingerprint density at radius 3 is 1.16 bits per heavy atom. The first-order chi connectivity index (χ1) is 52.6. The van der Waals surface area contributed by atoms with Crippen molar-refractivity contribution in [2.45, 2.75) is 157 Å². The molecule has 5 N–H and O–H groups in total. The van der Waals surface area contributed by atoms with Crippen LogP contribution >= 0.6 is 0 Å². The second-order valence-electron chi connectivity index (χ2n) is 28.2. The highest BCUT2D eigenvalue weighted by molar-refractivity contribution is 7.90. The molecule has 0 aliphatic rings. The number of carbonyl (C=O) groups excluding carboxylic acids is 3. The molecule has 112 heavy (non-hydrogen) atoms. The van der Waals surface area contributed by atoms with Gasteiger partial charge in [0.25, 0.3) is 47.8 Å². The summed E-state index contributed by atoms with van der Waals surface area (Å²) in [6.07, 6.45) is 1.27. The Hall–Kier alpha value is -11.1. The number of nitrogens with one attached hydrogen (secondary N) is 3. The van der Waals surface area contributed by atoms with Crippen LogP contribution in [0.3, 0.4) is 0 Å². The Bertz CT molecular complexity index is 5220. The summed E-state index contributed by atoms with van der Waals surface area (Å²) >= 11 is 0. The Labute approximate surface area is 664 Å². The van der Waals surface area contributed by atoms with Crippen LogP contribution in [0.2, 0.25) is 0 Å². The molecule has 0 radical (unpaired) electrons. The van der Waals surface area contributed by atoms with Crippen molar-refractivity contribution in [3.05, 3.63) is 204 Å². The highest BCUT2D eigenvalue weighted by Gasteiger charge is 2.31. The average Bonchev–Trinajstić information content (AvgIpc) is 0.788. The van der Waals surface area contributed by atoms with Crippen molar-refractivity contribution in [1.82, 2.24) is 44.1 Å². The van der Waals surface area contributed by atoms with Crippen molar-refractivity contribution in [1.29, 1.82) is 0 Å². The largest absolute Gasteiger partial charge is 0.493 e. The number of nitrogens with zero attached hydrogens (tertiary/aromatic N) is 7. The second kappa shape index (κ2) is 39.2. The van der Waals surface area contributed by atoms with Gasteiger partial charge in [0.1, 0.15) is 69.7 Å². The molecule has 31 heteroatoms. The van der Waals surface area contributed by atoms with Gasteiger partial charge in [-0.15, -0.1) is 0 Å². The first-order valence-electron chi connectivity index (χ1n) is 36.1. The first-order valence-corrected chi connectivity index (χ1v) is 40.5. The summed E-state index contributed by atoms with van der Waals surface area (Å²) in [4.78, 5) is 66.7. The maximum absolute atomic E-state index is 14.5. The summed E-state index contributed by atoms with van der Waals surface area (Å²) in [5.41, 5.74) is 8.74. The number of aromatic nitrogens is 6. The number of benzene rings is 3. The maximum Gasteiger partial charge on any atom is 0.281 e. The molecule has 0 saturated carbocycles. The van der Waals surface area contributed by atoms with E-state index < -0.39 is 71.3 Å². The molecule has 612 valence electrons. The molecular weight excluding hydrogens is 1500 g/mol. The van der Waals surface area contributed by atoms with Gasteiger partial charge in [-0.05, 0) is 188 Å². The smallest absolute Gasteiger partial charge is 0.281 e. The maximum atomic E-state index is 14.5. The summed E-state index contributed by atoms with van der Waals surface area (Å²) in [6, 6.07) is 34.4. The van der Waals surface area contributed by atoms with Gasteiger partial charge in [-0.2, -0.15) is 25.3 Å². The number of nitrogens with two attached hydrogens (primary N) is 1. The minimum Gasteiger partial charge on any atom is -0.493 e. The highest BCUT2D eigenvalue weighted by Crippen LogP contribution is 2.34. The minimum atomic E-state index is -4.30. The van der Waals surface area contributed by atoms with Gasteiger partial charge in [-0.3, -0.25) is 14.4 Å². The van der Waals surface area contributed by atoms with Gasteiger partial charge in [0.05, 0.1) is 42.5 Å². The number of anilines is 2. The topological polar surface area (TPSA) is 342 Å². The van der Waals surface area contributed by atoms with Gasteiger partial charge in [0.2, 0.25) is 11.8 Å². The molecule has 9 rings (SSSR count). The number of ether oxygens (including phenoxy) is 5. The van der Waals surface area contributed by atoms with E-state index in [2.05, 4.69) is 40.9 Å². The van der Waals surface area contributed by atoms with Crippen LogP contribution in [0.4, 0.5) is 24.8 Å². The number of hydrogen-bond acceptors (Lipinski definition) is 22. The van der Waals surface area contributed by atoms with Crippen molar-refractivity contribution in [2.75, 3.05) is 30.5 Å². The minimum absolute atomic E-state index is 0. The zero-order chi connectivity index (χ0) is 82.7. The molecule has 2 unspecified atom stereocenters. The fraction of sp³-hybridized carbons (Fsp3) is 0.346. The van der Waals surface area contributed by atoms with Crippen LogP contribution in [0.15, 0.2) is 173 Å². The molecule has 25 nitrogen and oxygen atoms in total. The van der Waals surface area contributed by atoms with E-state index >= 15 is 0 Å². The van der Waals surface area contributed by atoms with E-state index in [4.69, 9.17) is 34.4 Å². The lowest BCUT2D eigenvalue weighted by Crippen LogP contribution is -2.40. The van der Waals surface area contributed by atoms with Crippen LogP contribution in [0.5, 0.6) is 29.0 Å². The van der Waals surface area contributed by atoms with Gasteiger partial charge in [0, 0.05) is 68.3 Å². The van der Waals surface area contributed by atoms with E-state index in [1.54, 1.807) is 63.2 Å². The molecule has 0 fully saturated rings. The predicted molar refractivity (Wildman–Crippen MR) is 438 cm³/mol. The predicted octanol–water partition coefficient (Wildman–Crippen LogP) is 16.6. The number of pyridine rings is 6. The van der Waals surface area contributed by atoms with Crippen molar-refractivity contribution < 1.29 is 86.5 Å². The summed E-state index contributed by atoms with van der Waals surface area (Å²) in [5, 5.41) is -0.952. The molecule has 0 aliphatic carbocycles. The Balaban J connectivity index is 0.00000171. The lowest BCUT2D eigenvalue weighted by Gasteiger charge is -2.33. The molecule has 0 bridgehead atoms. The van der Waals surface area contributed by atoms with E-state index in [1.807, 2.05) is 99.6 Å². The van der Waals surface area contributed by atoms with Gasteiger partial charge in [0.15, 0.2) is 15.1 Å². The molecule has 2 atom stereocenters. The van der Waals surface area contributed by atoms with Gasteiger partial charge in [-0.1, -0.05) is 93.2 Å². The summed E-state index contributed by atoms with van der Waals surface area (Å²) in [6.45, 7) is 35.4. The quantitative estimate of drug-likeness (QED) is 0.0293. The molecular formula is C81H110F3N11O14S3. The van der Waals surface area contributed by atoms with Gasteiger partial charge < -0.3 is 34.3 Å². The fourth-order valence-corrected chi connectivity index (χ4v) is 13.5. The molecule has 0 spiro atoms. The molecule has 0 aliphatic heterocycles. The highest BCUT2D eigenvalue weighted by atomic mass is 32.2. The van der Waals surface area contributed by atoms with E-state index in [9.17, 15) is 52.8 Å². The summed E-state index contributed by atoms with van der Waals surface area (Å²) < 4.78 is 155. The normalized spacial score (nSPS) is 12.1. The Morgan fingerprint density at radius 1 is 0.473 bits per heavy atom. The SMILES string of the molecule is C=CC(C)Oc1nc(-c2cc(F)cc(OCC(C)C)c2)ccc1C(=O)NS(=O)(=O)c1cccc(C)n1.CC(C)COc1cc(F)cc(-c2ccc(C(=O)NS(=O)(=O)c3cccc(N)n3)c(N(C(C)C)C(C)C)n2)c1.CCC(Oc1nc(-c2cc(F)cc(OCC(C)C)c2)ccc1C(=O)NS(=O)(=O)c1cccc(C)n1)C(C)C.[HH].[HH].[HH].[HH].[HH].[HH].[HH]. The molecule has 6 heterocycles. The average molecular weight is 1620 g/mol. The fourth-order valence-electron chi connectivity index (χ4n) is 10.6. The zero-order valence-electron chi connectivity index (χ0n) is 65.4. The molecule has 3 aromatic carbocycles. The lowest BCUT2D eigenvalue weighted by molar-refractivity contribution is 0.0956. The Kier molecular flexibility index (Phi) is 30.9. The van der Waals surface area contributed by atoms with Crippen LogP contribution in [-0.4, -0.2) is 117 Å². The van der Waals surface area contributed by atoms with Crippen molar-refractivity contribution in [3.8, 4) is 62.8 Å². The zero-order valence-corrected chi connectivity index (χ0v) is 67.8. The molecule has 3 amide bonds. The third-order valence-corrected chi connectivity index (χ3v) is 19.7. The van der Waals surface area contributed by atoms with Gasteiger partial charge >= 0.3 is 0 Å². The van der Waals surface area contributed by atoms with Gasteiger partial charge in [-0.25, -0.2) is 57.2 Å². The molecule has 0 saturated heterocycles. The van der Waals surface area contributed by atoms with E-state index in [-0.39, 0.29) is 107 Å². The number of halogens is 3. The van der Waals surface area contributed by atoms with Crippen molar-refractivity contribution >= 4 is 59.4 Å². The van der Waals surface area contributed by atoms with Crippen molar-refractivity contribution in [3.63, 3.8) is 0 Å². The number of amides is 3. The second-order valence-corrected chi connectivity index (χ2v) is 33.1. The lowest BCUT2D eigenvalue weighted by atomic mass is 10.0. The number of nitrogen functional groups attached to an aromatic ring is 1. The van der Waals surface area contributed by atoms with E-state index in [1.165, 1.54) is 109 Å². The number of sulfonamides is 3. The third-order valence-electron chi connectivity index (χ3n) is 16.0. The van der Waals surface area contributed by atoms with Crippen LogP contribution in [-0.2, 0) is 30.1 Å². The number of hydrogen-bond donors (Lipinski definition) is 4. The monoisotopic (exact) mass is 1610 g/mol. The standard InChI is InChI=1S/C28H34FN3O5S.C27H34FN5O4S.C26H28FN3O5S.7H2/c1-7-25(18(4)5)37-28-23(27(33)32-38(34,35)26-10-8-9-19(6)30-26)11-12-24(31-28)20-13-21(29)15-22(14-20)36-16-17(2)3;1-16(2)15-37-21-13-19(12-20(28)14-21)23-11-10-22(26(30-23)33(17(3)4)18(5)6)27(34)32-38(35,36)25-9-7-8-24(29)31-25;1-6-18(5)35-26-22(25(31)30-36(32,33)24-9-7-8-17(4)28-24)10-11-23(29-26)19-12-20(27)14-21(13-19)34-15-16(2)3;;;;;;;/h8-15,17-18,25H,7,16H2,1-6H3,(H,32,33);7-14,16-18H,15H2,1-6H3,(H2,29,31)(H,32,34);6-14,16,18H,1,15H2,2-5H3,(H,30,31);7*1H. The van der Waals surface area contributed by atoms with Crippen LogP contribution < -0.4 is 48.5 Å². The summed E-state index contributed by atoms with van der Waals surface area (Å²) in [7, 11) is -12.8. The number of rotatable bonds is 31. The van der Waals surface area contributed by atoms with Crippen LogP contribution in [0.1, 0.15) is 156 Å². The molecule has 9 aromatic rings. The molecule has 6 aromatic heterocycles. The van der Waals surface area contributed by atoms with Crippen molar-refractivity contribution in [2.24, 2.45) is 23.7 Å². The van der Waals surface area contributed by atoms with E-state index in [0.717, 1.165) is 0 Å².